The van der Waals surface area contributed by atoms with Crippen LogP contribution in [0.25, 0.3) is 11.3 Å². The van der Waals surface area contributed by atoms with Gasteiger partial charge in [0.05, 0.1) is 27.0 Å². The predicted molar refractivity (Wildman–Crippen MR) is 117 cm³/mol. The maximum Gasteiger partial charge on any atom is 0.493 e. The molecule has 0 aliphatic heterocycles. The topological polar surface area (TPSA) is 142 Å². The third kappa shape index (κ3) is 6.63. The molecule has 2 aromatic rings. The Morgan fingerprint density at radius 2 is 1.76 bits per heavy atom. The number of aromatic nitrogens is 2. The summed E-state index contributed by atoms with van der Waals surface area (Å²) in [4.78, 5) is 32.9. The van der Waals surface area contributed by atoms with E-state index in [2.05, 4.69) is 14.8 Å². The van der Waals surface area contributed by atoms with Crippen molar-refractivity contribution in [2.75, 3.05) is 27.9 Å². The smallest absolute Gasteiger partial charge is 0.493 e. The van der Waals surface area contributed by atoms with Crippen LogP contribution in [0.2, 0.25) is 0 Å². The summed E-state index contributed by atoms with van der Waals surface area (Å²) in [6.45, 7) is 0.271. The van der Waals surface area contributed by atoms with Gasteiger partial charge < -0.3 is 29.3 Å². The van der Waals surface area contributed by atoms with Crippen molar-refractivity contribution in [2.45, 2.75) is 19.1 Å². The van der Waals surface area contributed by atoms with E-state index in [1.807, 2.05) is 0 Å². The summed E-state index contributed by atoms with van der Waals surface area (Å²) in [6, 6.07) is 4.56. The van der Waals surface area contributed by atoms with Gasteiger partial charge in [-0.2, -0.15) is 18.7 Å². The number of nitrogens with two attached hydrogens (primary N) is 1. The highest BCUT2D eigenvalue weighted by molar-refractivity contribution is 7.71. The lowest BCUT2D eigenvalue weighted by atomic mass is 10.1. The van der Waals surface area contributed by atoms with Gasteiger partial charge in [-0.1, -0.05) is 0 Å². The summed E-state index contributed by atoms with van der Waals surface area (Å²) in [5, 5.41) is 0. The van der Waals surface area contributed by atoms with Crippen LogP contribution < -0.4 is 31.0 Å². The van der Waals surface area contributed by atoms with Gasteiger partial charge >= 0.3 is 12.1 Å². The molecule has 0 radical (unpaired) electrons. The van der Waals surface area contributed by atoms with Crippen LogP contribution in [0.5, 0.6) is 17.2 Å². The monoisotopic (exact) mass is 505 g/mol. The van der Waals surface area contributed by atoms with Gasteiger partial charge in [0.15, 0.2) is 16.3 Å². The lowest BCUT2D eigenvalue weighted by Crippen LogP contribution is -2.38. The number of benzene rings is 1. The first-order valence-electron chi connectivity index (χ1n) is 9.50. The summed E-state index contributed by atoms with van der Waals surface area (Å²) in [5.74, 6) is -1.78. The Labute approximate surface area is 196 Å². The molecule has 11 nitrogen and oxygen atoms in total. The second kappa shape index (κ2) is 11.4. The average molecular weight is 505 g/mol. The van der Waals surface area contributed by atoms with Gasteiger partial charge in [-0.25, -0.2) is 4.79 Å². The van der Waals surface area contributed by atoms with Crippen molar-refractivity contribution in [2.24, 2.45) is 10.7 Å². The zero-order valence-electron chi connectivity index (χ0n) is 18.3. The second-order valence-corrected chi connectivity index (χ2v) is 6.88. The van der Waals surface area contributed by atoms with E-state index in [9.17, 15) is 22.8 Å². The van der Waals surface area contributed by atoms with E-state index in [4.69, 9.17) is 32.2 Å². The Hall–Kier alpha value is -3.75. The molecule has 15 heteroatoms. The molecule has 0 saturated heterocycles. The van der Waals surface area contributed by atoms with E-state index >= 15 is 0 Å². The van der Waals surface area contributed by atoms with Crippen molar-refractivity contribution in [3.63, 3.8) is 0 Å². The third-order valence-electron chi connectivity index (χ3n) is 4.32. The van der Waals surface area contributed by atoms with Crippen molar-refractivity contribution in [3.05, 3.63) is 33.3 Å². The number of H-pyrrole nitrogens is 1. The summed E-state index contributed by atoms with van der Waals surface area (Å²) in [6.07, 6.45) is -4.87. The minimum Gasteiger partial charge on any atom is -0.496 e. The van der Waals surface area contributed by atoms with Crippen LogP contribution in [0.3, 0.4) is 0 Å². The number of alkyl halides is 3. The summed E-state index contributed by atoms with van der Waals surface area (Å²) >= 11 is 5.30. The van der Waals surface area contributed by atoms with Gasteiger partial charge in [0.25, 0.3) is 5.56 Å². The molecule has 1 aromatic heterocycles. The first-order valence-corrected chi connectivity index (χ1v) is 9.91. The normalized spacial score (nSPS) is 11.6. The Morgan fingerprint density at radius 3 is 2.35 bits per heavy atom. The molecule has 1 heterocycles. The Balaban J connectivity index is 2.26. The molecule has 0 spiro atoms. The van der Waals surface area contributed by atoms with Crippen LogP contribution in [0, 0.1) is 4.77 Å². The van der Waals surface area contributed by atoms with Crippen LogP contribution in [-0.2, 0) is 16.2 Å². The molecule has 0 atom stereocenters. The summed E-state index contributed by atoms with van der Waals surface area (Å²) in [5.41, 5.74) is 7.49. The minimum atomic E-state index is -5.17. The van der Waals surface area contributed by atoms with Crippen molar-refractivity contribution in [1.29, 1.82) is 0 Å². The highest BCUT2D eigenvalue weighted by Gasteiger charge is 2.41. The number of aliphatic imine (C=N–C) groups is 1. The lowest BCUT2D eigenvalue weighted by Gasteiger charge is -2.18. The molecular weight excluding hydrogens is 483 g/mol. The largest absolute Gasteiger partial charge is 0.496 e. The average Bonchev–Trinajstić information content (AvgIpc) is 2.79. The number of methoxy groups -OCH3 is 3. The molecule has 0 saturated carbocycles. The number of rotatable bonds is 8. The highest BCUT2D eigenvalue weighted by Crippen LogP contribution is 2.39. The lowest BCUT2D eigenvalue weighted by molar-refractivity contribution is -0.203. The maximum atomic E-state index is 12.1. The molecule has 186 valence electrons. The zero-order chi connectivity index (χ0) is 25.5. The van der Waals surface area contributed by atoms with Gasteiger partial charge in [-0.3, -0.25) is 14.8 Å². The fraction of sp³-hybridized carbons (Fsp3) is 0.368. The third-order valence-corrected chi connectivity index (χ3v) is 4.64. The molecule has 1 aromatic carbocycles. The van der Waals surface area contributed by atoms with Crippen LogP contribution in [0.4, 0.5) is 13.2 Å². The van der Waals surface area contributed by atoms with E-state index in [0.717, 1.165) is 0 Å². The number of hydrogen-bond donors (Lipinski definition) is 3. The van der Waals surface area contributed by atoms with E-state index < -0.39 is 23.7 Å². The number of hydrogen-bond acceptors (Lipinski definition) is 8. The second-order valence-electron chi connectivity index (χ2n) is 6.49. The van der Waals surface area contributed by atoms with Gasteiger partial charge in [0.2, 0.25) is 5.96 Å². The quantitative estimate of drug-likeness (QED) is 0.161. The van der Waals surface area contributed by atoms with Crippen molar-refractivity contribution in [1.82, 2.24) is 15.0 Å². The first-order chi connectivity index (χ1) is 16.0. The number of halogens is 3. The van der Waals surface area contributed by atoms with Gasteiger partial charge in [0.1, 0.15) is 5.75 Å². The van der Waals surface area contributed by atoms with E-state index in [1.165, 1.54) is 27.4 Å². The number of carbonyl (C=O) groups is 1. The fourth-order valence-electron chi connectivity index (χ4n) is 2.81. The summed E-state index contributed by atoms with van der Waals surface area (Å²) in [7, 11) is 4.38. The predicted octanol–water partition coefficient (Wildman–Crippen LogP) is 1.91. The van der Waals surface area contributed by atoms with Crippen molar-refractivity contribution >= 4 is 24.1 Å². The SMILES string of the molecule is COc1cc(OC)c(-c2cc(=O)[nH]c(=S)n2CCCN=C(N)NOC(=O)C(F)(F)F)cc1OC. The Bertz CT molecular complexity index is 1180. The van der Waals surface area contributed by atoms with Crippen LogP contribution in [-0.4, -0.2) is 55.5 Å². The highest BCUT2D eigenvalue weighted by atomic mass is 32.1. The molecule has 34 heavy (non-hydrogen) atoms. The number of aromatic amines is 1. The van der Waals surface area contributed by atoms with Crippen LogP contribution >= 0.6 is 12.2 Å². The molecule has 0 aliphatic carbocycles. The first kappa shape index (κ1) is 26.5. The van der Waals surface area contributed by atoms with Gasteiger partial charge in [-0.15, -0.1) is 0 Å². The number of nitrogens with zero attached hydrogens (tertiary/aromatic N) is 2. The van der Waals surface area contributed by atoms with Crippen LogP contribution in [0.15, 0.2) is 28.0 Å². The molecule has 0 aliphatic rings. The molecule has 0 fully saturated rings. The number of nitrogens with one attached hydrogen (secondary N) is 2. The van der Waals surface area contributed by atoms with Crippen molar-refractivity contribution in [3.8, 4) is 28.5 Å². The molecule has 0 bridgehead atoms. The van der Waals surface area contributed by atoms with E-state index in [1.54, 1.807) is 22.2 Å². The summed E-state index contributed by atoms with van der Waals surface area (Å²) < 4.78 is 54.2. The van der Waals surface area contributed by atoms with Gasteiger partial charge in [-0.05, 0) is 24.7 Å². The maximum absolute atomic E-state index is 12.1. The molecular formula is C19H22F3N5O6S. The number of hydroxylamine groups is 1. The number of ether oxygens (including phenoxy) is 3. The minimum absolute atomic E-state index is 0.0335. The van der Waals surface area contributed by atoms with Crippen LogP contribution in [0.1, 0.15) is 6.42 Å². The Morgan fingerprint density at radius 1 is 1.15 bits per heavy atom. The standard InChI is InChI=1S/C19H22F3N5O6S/c1-30-12-9-14(32-3)13(31-2)7-10(12)11-8-15(28)25-18(34)27(11)6-4-5-24-17(23)26-33-16(29)19(20,21)22/h7-9H,4-6H2,1-3H3,(H3,23,24,26)(H,25,28,34). The molecule has 0 unspecified atom stereocenters. The fourth-order valence-corrected chi connectivity index (χ4v) is 3.10. The zero-order valence-corrected chi connectivity index (χ0v) is 19.1. The number of carbonyl (C=O) groups excluding carboxylic acids is 1. The molecule has 2 rings (SSSR count). The van der Waals surface area contributed by atoms with Crippen molar-refractivity contribution < 1.29 is 37.0 Å². The molecule has 0 amide bonds. The van der Waals surface area contributed by atoms with E-state index in [0.29, 0.717) is 34.9 Å². The Kier molecular flexibility index (Phi) is 8.89. The van der Waals surface area contributed by atoms with Gasteiger partial charge in [0, 0.05) is 30.8 Å². The number of guanidine groups is 1. The van der Waals surface area contributed by atoms with E-state index in [-0.39, 0.29) is 17.9 Å². The molecule has 4 N–H and O–H groups in total.